The fourth-order valence-electron chi connectivity index (χ4n) is 2.47. The van der Waals surface area contributed by atoms with Gasteiger partial charge in [-0.15, -0.1) is 0 Å². The van der Waals surface area contributed by atoms with Crippen LogP contribution in [-0.2, 0) is 6.54 Å². The predicted molar refractivity (Wildman–Crippen MR) is 88.0 cm³/mol. The normalized spacial score (nSPS) is 10.6. The van der Waals surface area contributed by atoms with Crippen molar-refractivity contribution in [3.63, 3.8) is 0 Å². The molecule has 5 heteroatoms. The molecule has 2 rings (SSSR count). The molecule has 1 N–H and O–H groups in total. The number of hydrogen-bond acceptors (Lipinski definition) is 2. The van der Waals surface area contributed by atoms with Crippen LogP contribution in [0.1, 0.15) is 24.5 Å². The van der Waals surface area contributed by atoms with Crippen molar-refractivity contribution in [2.24, 2.45) is 0 Å². The zero-order valence-corrected chi connectivity index (χ0v) is 12.8. The van der Waals surface area contributed by atoms with Gasteiger partial charge < -0.3 is 0 Å². The summed E-state index contributed by atoms with van der Waals surface area (Å²) in [5.41, 5.74) is 2.30. The van der Waals surface area contributed by atoms with Gasteiger partial charge in [0.25, 0.3) is 0 Å². The van der Waals surface area contributed by atoms with Gasteiger partial charge in [0.05, 0.1) is 6.54 Å². The first-order valence-corrected chi connectivity index (χ1v) is 7.40. The molecule has 0 atom stereocenters. The summed E-state index contributed by atoms with van der Waals surface area (Å²) in [4.78, 5) is 26.3. The smallest absolute Gasteiger partial charge is 0.297 e. The Kier molecular flexibility index (Phi) is 4.83. The number of hydrogen-bond donors (Lipinski definition) is 1. The van der Waals surface area contributed by atoms with Gasteiger partial charge in [0.2, 0.25) is 5.56 Å². The lowest BCUT2D eigenvalue weighted by atomic mass is 9.45. The largest absolute Gasteiger partial charge is 0.328 e. The highest BCUT2D eigenvalue weighted by Crippen LogP contribution is 2.04. The van der Waals surface area contributed by atoms with Crippen molar-refractivity contribution in [1.29, 1.82) is 0 Å². The van der Waals surface area contributed by atoms with E-state index in [4.69, 9.17) is 0 Å². The van der Waals surface area contributed by atoms with E-state index >= 15 is 0 Å². The van der Waals surface area contributed by atoms with Crippen molar-refractivity contribution in [2.75, 3.05) is 0 Å². The van der Waals surface area contributed by atoms with Crippen LogP contribution >= 0.6 is 0 Å². The van der Waals surface area contributed by atoms with Crippen LogP contribution in [0.15, 0.2) is 40.1 Å². The van der Waals surface area contributed by atoms with E-state index in [0.29, 0.717) is 12.0 Å². The summed E-state index contributed by atoms with van der Waals surface area (Å²) < 4.78 is 1.58. The number of nitrogens with zero attached hydrogens (tertiary/aromatic N) is 1. The highest BCUT2D eigenvalue weighted by molar-refractivity contribution is 6.71. The first kappa shape index (κ1) is 15.4. The summed E-state index contributed by atoms with van der Waals surface area (Å²) in [6.45, 7) is 6.77. The standard InChI is InChI=1S/C16H21BN2O2/c1-4-9-17(3)14-11-19(16(21)18-15(14)20)10-13-7-5-12(2)6-8-13/h5-8,11H,4,9-10H2,1-3H3,(H,18,20,21). The van der Waals surface area contributed by atoms with Gasteiger partial charge in [-0.2, -0.15) is 0 Å². The summed E-state index contributed by atoms with van der Waals surface area (Å²) in [7, 11) is 0. The van der Waals surface area contributed by atoms with Gasteiger partial charge in [-0.3, -0.25) is 14.3 Å². The van der Waals surface area contributed by atoms with Gasteiger partial charge in [0.1, 0.15) is 0 Å². The summed E-state index contributed by atoms with van der Waals surface area (Å²) in [6.07, 6.45) is 3.66. The molecular formula is C16H21BN2O2. The lowest BCUT2D eigenvalue weighted by Crippen LogP contribution is -2.46. The van der Waals surface area contributed by atoms with Gasteiger partial charge in [0.15, 0.2) is 6.71 Å². The van der Waals surface area contributed by atoms with Crippen molar-refractivity contribution in [3.8, 4) is 0 Å². The lowest BCUT2D eigenvalue weighted by Gasteiger charge is -2.10. The van der Waals surface area contributed by atoms with Gasteiger partial charge in [0, 0.05) is 6.20 Å². The van der Waals surface area contributed by atoms with E-state index in [2.05, 4.69) is 11.9 Å². The van der Waals surface area contributed by atoms with Gasteiger partial charge >= 0.3 is 5.69 Å². The zero-order valence-electron chi connectivity index (χ0n) is 12.8. The van der Waals surface area contributed by atoms with Crippen LogP contribution in [0.4, 0.5) is 0 Å². The van der Waals surface area contributed by atoms with Crippen LogP contribution in [0.25, 0.3) is 0 Å². The number of rotatable bonds is 5. The third-order valence-corrected chi connectivity index (χ3v) is 3.76. The first-order chi connectivity index (χ1) is 10.0. The van der Waals surface area contributed by atoms with E-state index in [0.717, 1.165) is 18.3 Å². The number of aromatic amines is 1. The van der Waals surface area contributed by atoms with E-state index < -0.39 is 0 Å². The molecule has 0 spiro atoms. The van der Waals surface area contributed by atoms with Crippen LogP contribution in [0.3, 0.4) is 0 Å². The van der Waals surface area contributed by atoms with Gasteiger partial charge in [-0.25, -0.2) is 4.79 Å². The van der Waals surface area contributed by atoms with E-state index in [9.17, 15) is 9.59 Å². The highest BCUT2D eigenvalue weighted by atomic mass is 16.2. The third kappa shape index (κ3) is 3.75. The SMILES string of the molecule is CCCB(C)c1cn(Cc2ccc(C)cc2)c(=O)[nH]c1=O. The van der Waals surface area contributed by atoms with Crippen molar-refractivity contribution >= 4 is 12.2 Å². The van der Waals surface area contributed by atoms with Crippen molar-refractivity contribution in [2.45, 2.75) is 40.0 Å². The molecule has 0 radical (unpaired) electrons. The Morgan fingerprint density at radius 2 is 1.86 bits per heavy atom. The Hall–Kier alpha value is -2.04. The molecule has 0 amide bonds. The summed E-state index contributed by atoms with van der Waals surface area (Å²) in [6, 6.07) is 8.05. The third-order valence-electron chi connectivity index (χ3n) is 3.76. The van der Waals surface area contributed by atoms with E-state index in [1.807, 2.05) is 38.0 Å². The molecule has 0 saturated carbocycles. The Morgan fingerprint density at radius 3 is 2.48 bits per heavy atom. The minimum absolute atomic E-state index is 0.156. The molecule has 0 saturated heterocycles. The van der Waals surface area contributed by atoms with E-state index in [1.54, 1.807) is 10.8 Å². The number of aromatic nitrogens is 2. The van der Waals surface area contributed by atoms with Gasteiger partial charge in [-0.1, -0.05) is 56.3 Å². The number of H-pyrrole nitrogens is 1. The maximum absolute atomic E-state index is 12.0. The molecule has 0 aliphatic heterocycles. The maximum Gasteiger partial charge on any atom is 0.328 e. The van der Waals surface area contributed by atoms with Crippen LogP contribution in [-0.4, -0.2) is 16.3 Å². The summed E-state index contributed by atoms with van der Waals surface area (Å²) >= 11 is 0. The molecule has 21 heavy (non-hydrogen) atoms. The fourth-order valence-corrected chi connectivity index (χ4v) is 2.47. The minimum atomic E-state index is -0.354. The second kappa shape index (κ2) is 6.61. The van der Waals surface area contributed by atoms with E-state index in [1.165, 1.54) is 5.56 Å². The molecule has 0 fully saturated rings. The summed E-state index contributed by atoms with van der Waals surface area (Å²) in [5, 5.41) is 0. The lowest BCUT2D eigenvalue weighted by molar-refractivity contribution is 0.725. The number of nitrogens with one attached hydrogen (secondary N) is 1. The molecule has 1 aromatic heterocycles. The molecule has 0 unspecified atom stereocenters. The molecule has 4 nitrogen and oxygen atoms in total. The Balaban J connectivity index is 2.35. The maximum atomic E-state index is 12.0. The van der Waals surface area contributed by atoms with Crippen LogP contribution in [0.5, 0.6) is 0 Å². The molecule has 110 valence electrons. The Morgan fingerprint density at radius 1 is 1.19 bits per heavy atom. The number of benzene rings is 1. The Labute approximate surface area is 124 Å². The monoisotopic (exact) mass is 284 g/mol. The molecule has 1 aromatic carbocycles. The predicted octanol–water partition coefficient (Wildman–Crippen LogP) is 1.63. The average molecular weight is 284 g/mol. The quantitative estimate of drug-likeness (QED) is 0.848. The second-order valence-corrected chi connectivity index (χ2v) is 5.65. The van der Waals surface area contributed by atoms with Crippen LogP contribution in [0.2, 0.25) is 13.1 Å². The molecular weight excluding hydrogens is 263 g/mol. The topological polar surface area (TPSA) is 54.9 Å². The molecule has 1 heterocycles. The molecule has 0 aliphatic rings. The van der Waals surface area contributed by atoms with E-state index in [-0.39, 0.29) is 18.0 Å². The van der Waals surface area contributed by atoms with Gasteiger partial charge in [-0.05, 0) is 17.9 Å². The average Bonchev–Trinajstić information content (AvgIpc) is 2.44. The first-order valence-electron chi connectivity index (χ1n) is 7.40. The van der Waals surface area contributed by atoms with Crippen LogP contribution < -0.4 is 16.7 Å². The Bertz CT molecular complexity index is 716. The number of aryl methyl sites for hydroxylation is 1. The van der Waals surface area contributed by atoms with Crippen molar-refractivity contribution in [3.05, 3.63) is 62.4 Å². The second-order valence-electron chi connectivity index (χ2n) is 5.65. The van der Waals surface area contributed by atoms with Crippen molar-refractivity contribution < 1.29 is 0 Å². The zero-order chi connectivity index (χ0) is 15.4. The van der Waals surface area contributed by atoms with Crippen molar-refractivity contribution in [1.82, 2.24) is 9.55 Å². The molecule has 0 aliphatic carbocycles. The molecule has 2 aromatic rings. The minimum Gasteiger partial charge on any atom is -0.297 e. The van der Waals surface area contributed by atoms with Crippen LogP contribution in [0, 0.1) is 6.92 Å². The highest BCUT2D eigenvalue weighted by Gasteiger charge is 2.15. The molecule has 0 bridgehead atoms. The summed E-state index contributed by atoms with van der Waals surface area (Å²) in [5.74, 6) is 0. The fraction of sp³-hybridized carbons (Fsp3) is 0.375.